The third-order valence-electron chi connectivity index (χ3n) is 3.75. The van der Waals surface area contributed by atoms with Crippen LogP contribution in [0.2, 0.25) is 0 Å². The van der Waals surface area contributed by atoms with Crippen LogP contribution < -0.4 is 0 Å². The highest BCUT2D eigenvalue weighted by molar-refractivity contribution is 7.91. The Bertz CT molecular complexity index is 697. The van der Waals surface area contributed by atoms with E-state index in [9.17, 15) is 18.0 Å². The van der Waals surface area contributed by atoms with Crippen LogP contribution in [0.4, 0.5) is 0 Å². The van der Waals surface area contributed by atoms with E-state index in [0.717, 1.165) is 0 Å². The average Bonchev–Trinajstić information content (AvgIpc) is 2.86. The fraction of sp³-hybridized carbons (Fsp3) is 0.467. The van der Waals surface area contributed by atoms with Crippen LogP contribution in [0.15, 0.2) is 24.3 Å². The van der Waals surface area contributed by atoms with Crippen LogP contribution in [-0.2, 0) is 14.6 Å². The molecule has 8 heteroatoms. The van der Waals surface area contributed by atoms with Gasteiger partial charge in [0, 0.05) is 19.7 Å². The van der Waals surface area contributed by atoms with E-state index in [0.29, 0.717) is 17.5 Å². The van der Waals surface area contributed by atoms with Crippen molar-refractivity contribution in [3.63, 3.8) is 0 Å². The first-order valence-corrected chi connectivity index (χ1v) is 8.97. The molecule has 1 amide bonds. The summed E-state index contributed by atoms with van der Waals surface area (Å²) in [6.07, 6.45) is 0.423. The van der Waals surface area contributed by atoms with E-state index in [1.807, 2.05) is 0 Å². The van der Waals surface area contributed by atoms with Crippen LogP contribution in [0.5, 0.6) is 0 Å². The molecule has 7 nitrogen and oxygen atoms in total. The van der Waals surface area contributed by atoms with E-state index in [-0.39, 0.29) is 23.5 Å². The Morgan fingerprint density at radius 2 is 1.70 bits per heavy atom. The van der Waals surface area contributed by atoms with Gasteiger partial charge in [-0.2, -0.15) is 0 Å². The lowest BCUT2D eigenvalue weighted by Crippen LogP contribution is -2.49. The molecule has 2 rings (SSSR count). The number of hydrogen-bond acceptors (Lipinski definition) is 6. The third kappa shape index (κ3) is 3.89. The zero-order valence-electron chi connectivity index (χ0n) is 13.4. The number of hydrazine groups is 1. The maximum atomic E-state index is 12.7. The Labute approximate surface area is 135 Å². The zero-order chi connectivity index (χ0) is 17.2. The molecular weight excluding hydrogens is 320 g/mol. The van der Waals surface area contributed by atoms with E-state index in [2.05, 4.69) is 4.74 Å². The van der Waals surface area contributed by atoms with Gasteiger partial charge in [-0.3, -0.25) is 9.80 Å². The molecule has 1 unspecified atom stereocenters. The molecule has 1 saturated heterocycles. The van der Waals surface area contributed by atoms with Crippen molar-refractivity contribution in [3.8, 4) is 0 Å². The Morgan fingerprint density at radius 1 is 1.13 bits per heavy atom. The number of esters is 1. The highest BCUT2D eigenvalue weighted by Gasteiger charge is 2.36. The lowest BCUT2D eigenvalue weighted by atomic mass is 10.1. The van der Waals surface area contributed by atoms with E-state index in [4.69, 9.17) is 0 Å². The van der Waals surface area contributed by atoms with Crippen LogP contribution in [0.25, 0.3) is 0 Å². The first kappa shape index (κ1) is 17.4. The van der Waals surface area contributed by atoms with Gasteiger partial charge in [-0.1, -0.05) is 0 Å². The van der Waals surface area contributed by atoms with Crippen LogP contribution in [-0.4, -0.2) is 69.1 Å². The Kier molecular flexibility index (Phi) is 5.06. The molecule has 0 aromatic heterocycles. The molecule has 1 fully saturated rings. The number of nitrogens with zero attached hydrogens (tertiary/aromatic N) is 2. The predicted molar refractivity (Wildman–Crippen MR) is 84.7 cm³/mol. The summed E-state index contributed by atoms with van der Waals surface area (Å²) in [6, 6.07) is 5.72. The summed E-state index contributed by atoms with van der Waals surface area (Å²) in [7, 11) is 1.59. The number of carbonyl (C=O) groups excluding carboxylic acids is 2. The van der Waals surface area contributed by atoms with E-state index in [1.165, 1.54) is 36.4 Å². The lowest BCUT2D eigenvalue weighted by Gasteiger charge is -2.33. The molecule has 0 aliphatic carbocycles. The minimum Gasteiger partial charge on any atom is -0.465 e. The molecule has 0 radical (unpaired) electrons. The molecule has 1 heterocycles. The van der Waals surface area contributed by atoms with Gasteiger partial charge >= 0.3 is 5.97 Å². The van der Waals surface area contributed by atoms with Crippen LogP contribution >= 0.6 is 0 Å². The maximum absolute atomic E-state index is 12.7. The van der Waals surface area contributed by atoms with Crippen molar-refractivity contribution in [1.29, 1.82) is 0 Å². The van der Waals surface area contributed by atoms with Crippen molar-refractivity contribution >= 4 is 21.7 Å². The molecule has 1 aromatic carbocycles. The van der Waals surface area contributed by atoms with Gasteiger partial charge in [0.2, 0.25) is 0 Å². The molecular formula is C15H20N2O5S. The normalized spacial score (nSPS) is 19.6. The lowest BCUT2D eigenvalue weighted by molar-refractivity contribution is 0.000990. The van der Waals surface area contributed by atoms with Crippen LogP contribution in [0.3, 0.4) is 0 Å². The summed E-state index contributed by atoms with van der Waals surface area (Å²) >= 11 is 0. The highest BCUT2D eigenvalue weighted by Crippen LogP contribution is 2.21. The van der Waals surface area contributed by atoms with Crippen molar-refractivity contribution in [2.24, 2.45) is 0 Å². The maximum Gasteiger partial charge on any atom is 0.337 e. The summed E-state index contributed by atoms with van der Waals surface area (Å²) in [5.41, 5.74) is 0.736. The molecule has 126 valence electrons. The smallest absolute Gasteiger partial charge is 0.337 e. The largest absolute Gasteiger partial charge is 0.465 e. The summed E-state index contributed by atoms with van der Waals surface area (Å²) in [6.45, 7) is 0. The van der Waals surface area contributed by atoms with Gasteiger partial charge < -0.3 is 4.74 Å². The monoisotopic (exact) mass is 340 g/mol. The summed E-state index contributed by atoms with van der Waals surface area (Å²) in [4.78, 5) is 24.1. The number of ether oxygens (including phenoxy) is 1. The van der Waals surface area contributed by atoms with E-state index in [1.54, 1.807) is 19.1 Å². The van der Waals surface area contributed by atoms with Crippen molar-refractivity contribution in [3.05, 3.63) is 35.4 Å². The number of hydrogen-bond donors (Lipinski definition) is 0. The minimum absolute atomic E-state index is 0.0306. The molecule has 0 spiro atoms. The summed E-state index contributed by atoms with van der Waals surface area (Å²) in [5, 5.41) is 3.06. The van der Waals surface area contributed by atoms with E-state index >= 15 is 0 Å². The zero-order valence-corrected chi connectivity index (χ0v) is 14.2. The number of amides is 1. The molecule has 1 atom stereocenters. The minimum atomic E-state index is -3.09. The van der Waals surface area contributed by atoms with Crippen molar-refractivity contribution in [1.82, 2.24) is 10.0 Å². The van der Waals surface area contributed by atoms with Crippen LogP contribution in [0, 0.1) is 0 Å². The van der Waals surface area contributed by atoms with Crippen molar-refractivity contribution < 1.29 is 22.7 Å². The number of benzene rings is 1. The molecule has 0 N–H and O–H groups in total. The van der Waals surface area contributed by atoms with Gasteiger partial charge in [-0.15, -0.1) is 0 Å². The van der Waals surface area contributed by atoms with Gasteiger partial charge in [0.15, 0.2) is 9.84 Å². The second-order valence-electron chi connectivity index (χ2n) is 5.62. The summed E-state index contributed by atoms with van der Waals surface area (Å²) < 4.78 is 28.0. The molecule has 23 heavy (non-hydrogen) atoms. The van der Waals surface area contributed by atoms with Crippen molar-refractivity contribution in [2.75, 3.05) is 32.7 Å². The molecule has 0 saturated carbocycles. The first-order chi connectivity index (χ1) is 10.7. The fourth-order valence-corrected chi connectivity index (χ4v) is 4.33. The number of carbonyl (C=O) groups is 2. The number of methoxy groups -OCH3 is 1. The topological polar surface area (TPSA) is 84.0 Å². The number of sulfone groups is 1. The van der Waals surface area contributed by atoms with Crippen LogP contribution in [0.1, 0.15) is 27.1 Å². The van der Waals surface area contributed by atoms with E-state index < -0.39 is 15.8 Å². The SMILES string of the molecule is COC(=O)c1ccc(C(=O)N(C2CCS(=O)(=O)C2)N(C)C)cc1. The predicted octanol–water partition coefficient (Wildman–Crippen LogP) is 0.579. The second-order valence-corrected chi connectivity index (χ2v) is 7.85. The Balaban J connectivity index is 2.23. The molecule has 1 aromatic rings. The van der Waals surface area contributed by atoms with Gasteiger partial charge in [-0.25, -0.2) is 18.2 Å². The quantitative estimate of drug-likeness (QED) is 0.589. The highest BCUT2D eigenvalue weighted by atomic mass is 32.2. The standard InChI is InChI=1S/C15H20N2O5S/c1-16(2)17(13-8-9-23(20,21)10-13)14(18)11-4-6-12(7-5-11)15(19)22-3/h4-7,13H,8-10H2,1-3H3. The Morgan fingerprint density at radius 3 is 2.13 bits per heavy atom. The molecule has 1 aliphatic heterocycles. The first-order valence-electron chi connectivity index (χ1n) is 7.15. The molecule has 0 bridgehead atoms. The summed E-state index contributed by atoms with van der Waals surface area (Å²) in [5.74, 6) is -0.711. The van der Waals surface area contributed by atoms with Crippen molar-refractivity contribution in [2.45, 2.75) is 12.5 Å². The second kappa shape index (κ2) is 6.67. The fourth-order valence-electron chi connectivity index (χ4n) is 2.64. The average molecular weight is 340 g/mol. The van der Waals surface area contributed by atoms with Gasteiger partial charge in [0.1, 0.15) is 0 Å². The van der Waals surface area contributed by atoms with Gasteiger partial charge in [-0.05, 0) is 30.7 Å². The third-order valence-corrected chi connectivity index (χ3v) is 5.50. The number of rotatable bonds is 4. The molecule has 1 aliphatic rings. The Hall–Kier alpha value is -1.93. The van der Waals surface area contributed by atoms with Gasteiger partial charge in [0.25, 0.3) is 5.91 Å². The van der Waals surface area contributed by atoms with Gasteiger partial charge in [0.05, 0.1) is 30.2 Å².